The summed E-state index contributed by atoms with van der Waals surface area (Å²) in [7, 11) is -3.62. The van der Waals surface area contributed by atoms with Gasteiger partial charge >= 0.3 is 0 Å². The molecule has 1 unspecified atom stereocenters. The SMILES string of the molecule is CCCC(NC(=O)c1ccc(S(=O)(=O)NC(C)(C)C)cc1)c1ccccc1. The lowest BCUT2D eigenvalue weighted by molar-refractivity contribution is 0.0934. The minimum absolute atomic E-state index is 0.0744. The molecule has 1 amide bonds. The standard InChI is InChI=1S/C21H28N2O3S/c1-5-9-19(16-10-7-6-8-11-16)22-20(24)17-12-14-18(15-13-17)27(25,26)23-21(2,3)4/h6-8,10-15,19,23H,5,9H2,1-4H3,(H,22,24). The van der Waals surface area contributed by atoms with Gasteiger partial charge in [0.05, 0.1) is 10.9 Å². The second-order valence-electron chi connectivity index (χ2n) is 7.61. The molecule has 27 heavy (non-hydrogen) atoms. The zero-order valence-electron chi connectivity index (χ0n) is 16.3. The van der Waals surface area contributed by atoms with Crippen LogP contribution in [0.3, 0.4) is 0 Å². The molecule has 0 aromatic heterocycles. The fourth-order valence-electron chi connectivity index (χ4n) is 2.79. The first-order valence-corrected chi connectivity index (χ1v) is 10.6. The Kier molecular flexibility index (Phi) is 6.78. The summed E-state index contributed by atoms with van der Waals surface area (Å²) in [6.45, 7) is 7.42. The Morgan fingerprint density at radius 1 is 1.00 bits per heavy atom. The molecule has 2 N–H and O–H groups in total. The third kappa shape index (κ3) is 6.19. The van der Waals surface area contributed by atoms with Crippen LogP contribution in [0.15, 0.2) is 59.5 Å². The predicted octanol–water partition coefficient (Wildman–Crippen LogP) is 4.03. The highest BCUT2D eigenvalue weighted by Crippen LogP contribution is 2.19. The van der Waals surface area contributed by atoms with E-state index in [0.717, 1.165) is 18.4 Å². The van der Waals surface area contributed by atoms with Crippen LogP contribution in [0.2, 0.25) is 0 Å². The number of carbonyl (C=O) groups excluding carboxylic acids is 1. The van der Waals surface area contributed by atoms with Crippen LogP contribution in [0.1, 0.15) is 62.5 Å². The lowest BCUT2D eigenvalue weighted by Crippen LogP contribution is -2.40. The van der Waals surface area contributed by atoms with Crippen molar-refractivity contribution in [3.63, 3.8) is 0 Å². The van der Waals surface area contributed by atoms with E-state index in [-0.39, 0.29) is 16.8 Å². The minimum atomic E-state index is -3.62. The minimum Gasteiger partial charge on any atom is -0.345 e. The molecule has 0 radical (unpaired) electrons. The van der Waals surface area contributed by atoms with E-state index in [2.05, 4.69) is 17.0 Å². The molecule has 2 aromatic rings. The van der Waals surface area contributed by atoms with Crippen molar-refractivity contribution >= 4 is 15.9 Å². The Bertz CT molecular complexity index is 855. The van der Waals surface area contributed by atoms with E-state index in [1.54, 1.807) is 32.9 Å². The number of benzene rings is 2. The quantitative estimate of drug-likeness (QED) is 0.752. The van der Waals surface area contributed by atoms with Crippen molar-refractivity contribution in [2.45, 2.75) is 57.0 Å². The second-order valence-corrected chi connectivity index (χ2v) is 9.29. The van der Waals surface area contributed by atoms with Crippen molar-refractivity contribution in [3.8, 4) is 0 Å². The largest absolute Gasteiger partial charge is 0.345 e. The third-order valence-electron chi connectivity index (χ3n) is 3.95. The summed E-state index contributed by atoms with van der Waals surface area (Å²) in [4.78, 5) is 12.8. The first kappa shape index (κ1) is 21.1. The highest BCUT2D eigenvalue weighted by atomic mass is 32.2. The normalized spacial score (nSPS) is 13.2. The summed E-state index contributed by atoms with van der Waals surface area (Å²) in [6, 6.07) is 15.8. The Morgan fingerprint density at radius 2 is 1.59 bits per heavy atom. The number of rotatable bonds is 7. The van der Waals surface area contributed by atoms with E-state index in [1.165, 1.54) is 12.1 Å². The zero-order chi connectivity index (χ0) is 20.1. The molecular weight excluding hydrogens is 360 g/mol. The molecule has 1 atom stereocenters. The molecule has 0 aliphatic rings. The van der Waals surface area contributed by atoms with Gasteiger partial charge in [-0.05, 0) is 57.0 Å². The van der Waals surface area contributed by atoms with E-state index in [4.69, 9.17) is 0 Å². The first-order chi connectivity index (χ1) is 12.6. The van der Waals surface area contributed by atoms with E-state index in [1.807, 2.05) is 30.3 Å². The highest BCUT2D eigenvalue weighted by Gasteiger charge is 2.22. The van der Waals surface area contributed by atoms with E-state index in [0.29, 0.717) is 5.56 Å². The van der Waals surface area contributed by atoms with Crippen molar-refractivity contribution < 1.29 is 13.2 Å². The summed E-state index contributed by atoms with van der Waals surface area (Å²) in [5.74, 6) is -0.218. The molecule has 0 saturated heterocycles. The van der Waals surface area contributed by atoms with Crippen molar-refractivity contribution in [3.05, 3.63) is 65.7 Å². The summed E-state index contributed by atoms with van der Waals surface area (Å²) in [5.41, 5.74) is 0.917. The van der Waals surface area contributed by atoms with Gasteiger partial charge in [-0.3, -0.25) is 4.79 Å². The average molecular weight is 389 g/mol. The molecule has 2 aromatic carbocycles. The number of hydrogen-bond acceptors (Lipinski definition) is 3. The molecule has 0 aliphatic carbocycles. The highest BCUT2D eigenvalue weighted by molar-refractivity contribution is 7.89. The van der Waals surface area contributed by atoms with Gasteiger partial charge in [0.1, 0.15) is 0 Å². The van der Waals surface area contributed by atoms with Gasteiger partial charge in [-0.15, -0.1) is 0 Å². The number of nitrogens with one attached hydrogen (secondary N) is 2. The van der Waals surface area contributed by atoms with Crippen LogP contribution < -0.4 is 10.0 Å². The van der Waals surface area contributed by atoms with Gasteiger partial charge in [0.25, 0.3) is 5.91 Å². The number of sulfonamides is 1. The van der Waals surface area contributed by atoms with Crippen LogP contribution in [0.4, 0.5) is 0 Å². The topological polar surface area (TPSA) is 75.3 Å². The average Bonchev–Trinajstić information content (AvgIpc) is 2.60. The molecule has 0 aliphatic heterocycles. The van der Waals surface area contributed by atoms with Crippen molar-refractivity contribution in [1.82, 2.24) is 10.0 Å². The van der Waals surface area contributed by atoms with Crippen LogP contribution in [0.5, 0.6) is 0 Å². The maximum absolute atomic E-state index is 12.6. The zero-order valence-corrected chi connectivity index (χ0v) is 17.1. The molecule has 0 bridgehead atoms. The van der Waals surface area contributed by atoms with Crippen LogP contribution in [-0.4, -0.2) is 19.9 Å². The van der Waals surface area contributed by atoms with Gasteiger partial charge < -0.3 is 5.32 Å². The Hall–Kier alpha value is -2.18. The van der Waals surface area contributed by atoms with E-state index in [9.17, 15) is 13.2 Å². The van der Waals surface area contributed by atoms with E-state index >= 15 is 0 Å². The van der Waals surface area contributed by atoms with Gasteiger partial charge in [-0.25, -0.2) is 13.1 Å². The molecule has 0 heterocycles. The first-order valence-electron chi connectivity index (χ1n) is 9.12. The maximum Gasteiger partial charge on any atom is 0.251 e. The second kappa shape index (κ2) is 8.67. The lowest BCUT2D eigenvalue weighted by atomic mass is 10.0. The number of carbonyl (C=O) groups is 1. The smallest absolute Gasteiger partial charge is 0.251 e. The number of amides is 1. The molecule has 2 rings (SSSR count). The Balaban J connectivity index is 2.15. The van der Waals surface area contributed by atoms with Crippen LogP contribution >= 0.6 is 0 Å². The molecular formula is C21H28N2O3S. The fourth-order valence-corrected chi connectivity index (χ4v) is 4.20. The van der Waals surface area contributed by atoms with Gasteiger partial charge in [0.15, 0.2) is 0 Å². The fraction of sp³-hybridized carbons (Fsp3) is 0.381. The molecule has 0 saturated carbocycles. The molecule has 6 heteroatoms. The van der Waals surface area contributed by atoms with Crippen molar-refractivity contribution in [2.24, 2.45) is 0 Å². The summed E-state index contributed by atoms with van der Waals surface area (Å²) in [5, 5.41) is 3.04. The molecule has 0 spiro atoms. The molecule has 0 fully saturated rings. The summed E-state index contributed by atoms with van der Waals surface area (Å²) < 4.78 is 27.3. The van der Waals surface area contributed by atoms with E-state index < -0.39 is 15.6 Å². The van der Waals surface area contributed by atoms with Crippen LogP contribution in [0, 0.1) is 0 Å². The van der Waals surface area contributed by atoms with Gasteiger partial charge in [-0.2, -0.15) is 0 Å². The molecule has 5 nitrogen and oxygen atoms in total. The maximum atomic E-state index is 12.6. The van der Waals surface area contributed by atoms with Crippen molar-refractivity contribution in [1.29, 1.82) is 0 Å². The van der Waals surface area contributed by atoms with Gasteiger partial charge in [0, 0.05) is 11.1 Å². The lowest BCUT2D eigenvalue weighted by Gasteiger charge is -2.21. The summed E-state index contributed by atoms with van der Waals surface area (Å²) >= 11 is 0. The number of hydrogen-bond donors (Lipinski definition) is 2. The molecule has 146 valence electrons. The monoisotopic (exact) mass is 388 g/mol. The third-order valence-corrected chi connectivity index (χ3v) is 5.73. The Labute approximate surface area is 162 Å². The van der Waals surface area contributed by atoms with Crippen LogP contribution in [-0.2, 0) is 10.0 Å². The van der Waals surface area contributed by atoms with Gasteiger partial charge in [-0.1, -0.05) is 43.7 Å². The Morgan fingerprint density at radius 3 is 2.11 bits per heavy atom. The summed E-state index contributed by atoms with van der Waals surface area (Å²) in [6.07, 6.45) is 1.77. The van der Waals surface area contributed by atoms with Crippen molar-refractivity contribution in [2.75, 3.05) is 0 Å². The van der Waals surface area contributed by atoms with Crippen LogP contribution in [0.25, 0.3) is 0 Å². The predicted molar refractivity (Wildman–Crippen MR) is 108 cm³/mol. The van der Waals surface area contributed by atoms with Gasteiger partial charge in [0.2, 0.25) is 10.0 Å².